The van der Waals surface area contributed by atoms with Crippen molar-refractivity contribution in [2.75, 3.05) is 0 Å². The van der Waals surface area contributed by atoms with Crippen LogP contribution >= 0.6 is 38.6 Å². The van der Waals surface area contributed by atoms with Gasteiger partial charge in [-0.3, -0.25) is 0 Å². The van der Waals surface area contributed by atoms with E-state index < -0.39 is 0 Å². The van der Waals surface area contributed by atoms with Crippen LogP contribution in [-0.4, -0.2) is 0 Å². The van der Waals surface area contributed by atoms with Crippen LogP contribution in [-0.2, 0) is 6.42 Å². The van der Waals surface area contributed by atoms with Crippen LogP contribution in [0.15, 0.2) is 28.1 Å². The number of aryl methyl sites for hydroxylation is 1. The summed E-state index contributed by atoms with van der Waals surface area (Å²) >= 11 is 7.04. The van der Waals surface area contributed by atoms with E-state index in [0.29, 0.717) is 0 Å². The fraction of sp³-hybridized carbons (Fsp3) is 0.273. The number of halogens is 1. The van der Waals surface area contributed by atoms with Crippen LogP contribution in [0.4, 0.5) is 0 Å². The third-order valence-electron chi connectivity index (χ3n) is 2.26. The van der Waals surface area contributed by atoms with E-state index in [1.165, 1.54) is 14.6 Å². The van der Waals surface area contributed by atoms with Crippen molar-refractivity contribution in [2.24, 2.45) is 5.73 Å². The van der Waals surface area contributed by atoms with Gasteiger partial charge < -0.3 is 5.73 Å². The van der Waals surface area contributed by atoms with Gasteiger partial charge in [0.1, 0.15) is 0 Å². The van der Waals surface area contributed by atoms with Crippen LogP contribution in [0.25, 0.3) is 0 Å². The molecule has 0 fully saturated rings. The minimum absolute atomic E-state index is 0.0182. The first-order valence-corrected chi connectivity index (χ1v) is 7.28. The molecule has 2 heterocycles. The highest BCUT2D eigenvalue weighted by Crippen LogP contribution is 2.34. The monoisotopic (exact) mass is 301 g/mol. The highest BCUT2D eigenvalue weighted by atomic mass is 79.9. The third kappa shape index (κ3) is 2.33. The Kier molecular flexibility index (Phi) is 3.61. The molecule has 0 radical (unpaired) electrons. The van der Waals surface area contributed by atoms with Gasteiger partial charge in [-0.25, -0.2) is 0 Å². The SMILES string of the molecule is CCc1ccc(C(N)c2sccc2Br)s1. The average molecular weight is 302 g/mol. The Balaban J connectivity index is 2.28. The molecule has 0 aromatic carbocycles. The zero-order valence-corrected chi connectivity index (χ0v) is 11.6. The molecule has 2 aromatic rings. The molecule has 1 nitrogen and oxygen atoms in total. The lowest BCUT2D eigenvalue weighted by molar-refractivity contribution is 0.912. The molecule has 0 spiro atoms. The zero-order valence-electron chi connectivity index (χ0n) is 8.37. The van der Waals surface area contributed by atoms with Crippen molar-refractivity contribution in [1.29, 1.82) is 0 Å². The molecular weight excluding hydrogens is 290 g/mol. The van der Waals surface area contributed by atoms with Gasteiger partial charge in [0.05, 0.1) is 6.04 Å². The summed E-state index contributed by atoms with van der Waals surface area (Å²) in [5, 5.41) is 2.06. The standard InChI is InChI=1S/C11H12BrNS2/c1-2-7-3-4-9(15-7)10(13)11-8(12)5-6-14-11/h3-6,10H,2,13H2,1H3. The summed E-state index contributed by atoms with van der Waals surface area (Å²) in [6.45, 7) is 2.17. The number of hydrogen-bond donors (Lipinski definition) is 1. The highest BCUT2D eigenvalue weighted by molar-refractivity contribution is 9.10. The predicted octanol–water partition coefficient (Wildman–Crippen LogP) is 4.18. The number of rotatable bonds is 3. The normalized spacial score (nSPS) is 13.0. The number of thiophene rings is 2. The summed E-state index contributed by atoms with van der Waals surface area (Å²) in [6.07, 6.45) is 1.09. The molecule has 0 aliphatic rings. The van der Waals surface area contributed by atoms with Gasteiger partial charge in [0.2, 0.25) is 0 Å². The lowest BCUT2D eigenvalue weighted by Gasteiger charge is -2.07. The molecule has 15 heavy (non-hydrogen) atoms. The number of nitrogens with two attached hydrogens (primary N) is 1. The van der Waals surface area contributed by atoms with Gasteiger partial charge in [0.25, 0.3) is 0 Å². The Morgan fingerprint density at radius 2 is 2.20 bits per heavy atom. The molecule has 0 saturated heterocycles. The molecule has 0 aliphatic carbocycles. The Morgan fingerprint density at radius 3 is 2.73 bits per heavy atom. The average Bonchev–Trinajstić information content (AvgIpc) is 2.84. The highest BCUT2D eigenvalue weighted by Gasteiger charge is 2.15. The predicted molar refractivity (Wildman–Crippen MR) is 71.7 cm³/mol. The summed E-state index contributed by atoms with van der Waals surface area (Å²) in [7, 11) is 0. The molecule has 2 aromatic heterocycles. The van der Waals surface area contributed by atoms with Crippen molar-refractivity contribution in [1.82, 2.24) is 0 Å². The molecule has 2 N–H and O–H groups in total. The molecular formula is C11H12BrNS2. The third-order valence-corrected chi connectivity index (χ3v) is 5.53. The van der Waals surface area contributed by atoms with Crippen LogP contribution in [0.3, 0.4) is 0 Å². The van der Waals surface area contributed by atoms with Gasteiger partial charge in [-0.05, 0) is 45.9 Å². The fourth-order valence-corrected chi connectivity index (χ4v) is 4.09. The Bertz CT molecular complexity index is 447. The molecule has 0 saturated carbocycles. The van der Waals surface area contributed by atoms with Crippen molar-refractivity contribution in [3.63, 3.8) is 0 Å². The maximum absolute atomic E-state index is 6.22. The first kappa shape index (κ1) is 11.3. The van der Waals surface area contributed by atoms with E-state index in [4.69, 9.17) is 5.73 Å². The summed E-state index contributed by atoms with van der Waals surface area (Å²) in [4.78, 5) is 3.85. The van der Waals surface area contributed by atoms with Crippen molar-refractivity contribution in [2.45, 2.75) is 19.4 Å². The van der Waals surface area contributed by atoms with E-state index in [2.05, 4.69) is 40.4 Å². The van der Waals surface area contributed by atoms with Crippen molar-refractivity contribution >= 4 is 38.6 Å². The molecule has 80 valence electrons. The number of hydrogen-bond acceptors (Lipinski definition) is 3. The van der Waals surface area contributed by atoms with E-state index in [1.54, 1.807) is 11.3 Å². The topological polar surface area (TPSA) is 26.0 Å². The van der Waals surface area contributed by atoms with Crippen molar-refractivity contribution < 1.29 is 0 Å². The van der Waals surface area contributed by atoms with E-state index in [0.717, 1.165) is 10.9 Å². The first-order chi connectivity index (χ1) is 7.22. The van der Waals surface area contributed by atoms with Gasteiger partial charge >= 0.3 is 0 Å². The van der Waals surface area contributed by atoms with E-state index in [-0.39, 0.29) is 6.04 Å². The second kappa shape index (κ2) is 4.78. The molecule has 1 atom stereocenters. The molecule has 4 heteroatoms. The smallest absolute Gasteiger partial charge is 0.0751 e. The summed E-state index contributed by atoms with van der Waals surface area (Å²) in [5.74, 6) is 0. The van der Waals surface area contributed by atoms with Gasteiger partial charge in [-0.2, -0.15) is 0 Å². The largest absolute Gasteiger partial charge is 0.319 e. The summed E-state index contributed by atoms with van der Waals surface area (Å²) in [6, 6.07) is 6.38. The maximum atomic E-state index is 6.22. The van der Waals surface area contributed by atoms with E-state index in [9.17, 15) is 0 Å². The lowest BCUT2D eigenvalue weighted by Crippen LogP contribution is -2.08. The Morgan fingerprint density at radius 1 is 1.40 bits per heavy atom. The summed E-state index contributed by atoms with van der Waals surface area (Å²) in [5.41, 5.74) is 6.22. The lowest BCUT2D eigenvalue weighted by atomic mass is 10.2. The molecule has 1 unspecified atom stereocenters. The van der Waals surface area contributed by atoms with Crippen molar-refractivity contribution in [3.8, 4) is 0 Å². The summed E-state index contributed by atoms with van der Waals surface area (Å²) < 4.78 is 1.12. The quantitative estimate of drug-likeness (QED) is 0.904. The molecule has 2 rings (SSSR count). The fourth-order valence-electron chi connectivity index (χ4n) is 1.41. The minimum Gasteiger partial charge on any atom is -0.319 e. The van der Waals surface area contributed by atoms with Crippen LogP contribution < -0.4 is 5.73 Å². The van der Waals surface area contributed by atoms with Gasteiger partial charge in [-0.1, -0.05) is 6.92 Å². The van der Waals surface area contributed by atoms with E-state index in [1.807, 2.05) is 17.4 Å². The first-order valence-electron chi connectivity index (χ1n) is 4.79. The van der Waals surface area contributed by atoms with Gasteiger partial charge in [0.15, 0.2) is 0 Å². The molecule has 0 aliphatic heterocycles. The van der Waals surface area contributed by atoms with Crippen LogP contribution in [0.1, 0.15) is 27.6 Å². The Hall–Kier alpha value is -0.160. The van der Waals surface area contributed by atoms with Crippen LogP contribution in [0.5, 0.6) is 0 Å². The van der Waals surface area contributed by atoms with Crippen LogP contribution in [0.2, 0.25) is 0 Å². The zero-order chi connectivity index (χ0) is 10.8. The second-order valence-electron chi connectivity index (χ2n) is 3.27. The maximum Gasteiger partial charge on any atom is 0.0751 e. The van der Waals surface area contributed by atoms with Gasteiger partial charge in [-0.15, -0.1) is 22.7 Å². The minimum atomic E-state index is 0.0182. The van der Waals surface area contributed by atoms with Crippen LogP contribution in [0, 0.1) is 0 Å². The molecule has 0 bridgehead atoms. The van der Waals surface area contributed by atoms with Crippen molar-refractivity contribution in [3.05, 3.63) is 42.7 Å². The van der Waals surface area contributed by atoms with E-state index >= 15 is 0 Å². The second-order valence-corrected chi connectivity index (χ2v) is 6.27. The Labute approximate surface area is 106 Å². The molecule has 0 amide bonds. The van der Waals surface area contributed by atoms with Gasteiger partial charge in [0, 0.05) is 19.1 Å².